The van der Waals surface area contributed by atoms with E-state index in [1.165, 1.54) is 0 Å². The van der Waals surface area contributed by atoms with E-state index in [9.17, 15) is 9.59 Å². The van der Waals surface area contributed by atoms with Crippen LogP contribution in [0, 0.1) is 0 Å². The van der Waals surface area contributed by atoms with Gasteiger partial charge in [0.25, 0.3) is 0 Å². The third-order valence-corrected chi connectivity index (χ3v) is 2.50. The summed E-state index contributed by atoms with van der Waals surface area (Å²) in [4.78, 5) is 26.0. The van der Waals surface area contributed by atoms with Gasteiger partial charge >= 0.3 is 0 Å². The van der Waals surface area contributed by atoms with Crippen LogP contribution < -0.4 is 0 Å². The number of likely N-dealkylation sites (tertiary alicyclic amines) is 2. The van der Waals surface area contributed by atoms with Crippen LogP contribution in [0.3, 0.4) is 0 Å². The maximum absolute atomic E-state index is 11.2. The molecule has 2 rings (SSSR count). The van der Waals surface area contributed by atoms with Crippen molar-refractivity contribution in [2.45, 2.75) is 12.5 Å². The minimum absolute atomic E-state index is 0.0121. The number of hydrogen-bond donors (Lipinski definition) is 0. The van der Waals surface area contributed by atoms with E-state index >= 15 is 0 Å². The highest BCUT2D eigenvalue weighted by Gasteiger charge is 2.37. The first-order valence-corrected chi connectivity index (χ1v) is 4.16. The SMILES string of the molecule is CN1CC(N2CC(=O)CC2=O)C1. The number of carbonyl (C=O) groups is 2. The monoisotopic (exact) mass is 168 g/mol. The van der Waals surface area contributed by atoms with Gasteiger partial charge in [-0.2, -0.15) is 0 Å². The zero-order valence-electron chi connectivity index (χ0n) is 7.12. The van der Waals surface area contributed by atoms with Crippen molar-refractivity contribution in [3.63, 3.8) is 0 Å². The molecule has 0 aromatic heterocycles. The molecule has 2 aliphatic heterocycles. The first-order valence-electron chi connectivity index (χ1n) is 4.16. The zero-order valence-corrected chi connectivity index (χ0v) is 7.12. The van der Waals surface area contributed by atoms with Crippen molar-refractivity contribution in [2.24, 2.45) is 0 Å². The van der Waals surface area contributed by atoms with Crippen molar-refractivity contribution in [1.29, 1.82) is 0 Å². The van der Waals surface area contributed by atoms with Gasteiger partial charge in [0, 0.05) is 13.1 Å². The zero-order chi connectivity index (χ0) is 8.72. The number of carbonyl (C=O) groups excluding carboxylic acids is 2. The second-order valence-electron chi connectivity index (χ2n) is 3.61. The predicted octanol–water partition coefficient (Wildman–Crippen LogP) is -0.898. The number of Topliss-reactive ketones (excluding diaryl/α,β-unsaturated/α-hetero) is 1. The van der Waals surface area contributed by atoms with E-state index in [0.29, 0.717) is 12.6 Å². The van der Waals surface area contributed by atoms with Crippen molar-refractivity contribution in [1.82, 2.24) is 9.80 Å². The molecule has 4 heteroatoms. The third kappa shape index (κ3) is 1.12. The number of nitrogens with zero attached hydrogens (tertiary/aromatic N) is 2. The molecule has 0 radical (unpaired) electrons. The Morgan fingerprint density at radius 1 is 1.33 bits per heavy atom. The summed E-state index contributed by atoms with van der Waals surface area (Å²) in [6, 6.07) is 0.300. The predicted molar refractivity (Wildman–Crippen MR) is 42.6 cm³/mol. The lowest BCUT2D eigenvalue weighted by atomic mass is 10.1. The number of likely N-dealkylation sites (N-methyl/N-ethyl adjacent to an activating group) is 1. The third-order valence-electron chi connectivity index (χ3n) is 2.50. The minimum Gasteiger partial charge on any atom is -0.329 e. The largest absolute Gasteiger partial charge is 0.329 e. The molecule has 0 saturated carbocycles. The standard InChI is InChI=1S/C8H12N2O2/c1-9-3-6(4-9)10-5-7(11)2-8(10)12/h6H,2-5H2,1H3. The maximum atomic E-state index is 11.2. The molecule has 12 heavy (non-hydrogen) atoms. The van der Waals surface area contributed by atoms with E-state index in [1.54, 1.807) is 4.90 Å². The van der Waals surface area contributed by atoms with Gasteiger partial charge in [-0.3, -0.25) is 9.59 Å². The molecule has 0 aromatic rings. The molecular formula is C8H12N2O2. The van der Waals surface area contributed by atoms with Crippen molar-refractivity contribution < 1.29 is 9.59 Å². The lowest BCUT2D eigenvalue weighted by Gasteiger charge is -2.41. The summed E-state index contributed by atoms with van der Waals surface area (Å²) in [6.45, 7) is 2.18. The topological polar surface area (TPSA) is 40.6 Å². The first-order chi connectivity index (χ1) is 5.66. The molecule has 0 N–H and O–H groups in total. The van der Waals surface area contributed by atoms with Crippen molar-refractivity contribution in [2.75, 3.05) is 26.7 Å². The van der Waals surface area contributed by atoms with E-state index in [-0.39, 0.29) is 18.1 Å². The first kappa shape index (κ1) is 7.73. The highest BCUT2D eigenvalue weighted by Crippen LogP contribution is 2.17. The number of hydrogen-bond acceptors (Lipinski definition) is 3. The molecule has 2 saturated heterocycles. The minimum atomic E-state index is 0.0121. The lowest BCUT2D eigenvalue weighted by Crippen LogP contribution is -2.58. The van der Waals surface area contributed by atoms with Crippen molar-refractivity contribution in [3.05, 3.63) is 0 Å². The molecule has 0 bridgehead atoms. The molecule has 1 amide bonds. The van der Waals surface area contributed by atoms with Crippen molar-refractivity contribution in [3.8, 4) is 0 Å². The molecule has 2 heterocycles. The van der Waals surface area contributed by atoms with Gasteiger partial charge < -0.3 is 9.80 Å². The molecule has 4 nitrogen and oxygen atoms in total. The highest BCUT2D eigenvalue weighted by atomic mass is 16.2. The molecule has 0 unspecified atom stereocenters. The highest BCUT2D eigenvalue weighted by molar-refractivity contribution is 6.05. The number of rotatable bonds is 1. The van der Waals surface area contributed by atoms with Gasteiger partial charge in [-0.1, -0.05) is 0 Å². The summed E-state index contributed by atoms with van der Waals surface area (Å²) in [5.41, 5.74) is 0. The fraction of sp³-hybridized carbons (Fsp3) is 0.750. The normalized spacial score (nSPS) is 26.6. The van der Waals surface area contributed by atoms with Crippen LogP contribution in [0.1, 0.15) is 6.42 Å². The van der Waals surface area contributed by atoms with Crippen LogP contribution in [0.2, 0.25) is 0 Å². The van der Waals surface area contributed by atoms with Crippen LogP contribution >= 0.6 is 0 Å². The number of ketones is 1. The maximum Gasteiger partial charge on any atom is 0.230 e. The molecule has 0 atom stereocenters. The average Bonchev–Trinajstić information content (AvgIpc) is 2.23. The van der Waals surface area contributed by atoms with E-state index in [2.05, 4.69) is 4.90 Å². The molecule has 0 spiro atoms. The van der Waals surface area contributed by atoms with E-state index in [0.717, 1.165) is 13.1 Å². The van der Waals surface area contributed by atoms with Gasteiger partial charge in [0.05, 0.1) is 19.0 Å². The Labute approximate surface area is 71.1 Å². The fourth-order valence-electron chi connectivity index (χ4n) is 1.80. The molecule has 2 aliphatic rings. The lowest BCUT2D eigenvalue weighted by molar-refractivity contribution is -0.132. The Hall–Kier alpha value is -0.900. The number of amides is 1. The van der Waals surface area contributed by atoms with E-state index in [4.69, 9.17) is 0 Å². The summed E-state index contributed by atoms with van der Waals surface area (Å²) in [5, 5.41) is 0. The Balaban J connectivity index is 1.97. The van der Waals surface area contributed by atoms with Gasteiger partial charge in [0.1, 0.15) is 0 Å². The molecule has 66 valence electrons. The van der Waals surface area contributed by atoms with Crippen LogP contribution in [0.4, 0.5) is 0 Å². The van der Waals surface area contributed by atoms with Crippen molar-refractivity contribution >= 4 is 11.7 Å². The van der Waals surface area contributed by atoms with Gasteiger partial charge in [0.15, 0.2) is 5.78 Å². The second kappa shape index (κ2) is 2.55. The Bertz CT molecular complexity index is 233. The van der Waals surface area contributed by atoms with E-state index in [1.807, 2.05) is 7.05 Å². The molecule has 0 aliphatic carbocycles. The van der Waals surface area contributed by atoms with Crippen LogP contribution in [0.15, 0.2) is 0 Å². The van der Waals surface area contributed by atoms with Crippen LogP contribution in [0.5, 0.6) is 0 Å². The Morgan fingerprint density at radius 2 is 2.00 bits per heavy atom. The molecule has 0 aromatic carbocycles. The van der Waals surface area contributed by atoms with Crippen LogP contribution in [-0.2, 0) is 9.59 Å². The van der Waals surface area contributed by atoms with Crippen LogP contribution in [-0.4, -0.2) is 54.2 Å². The van der Waals surface area contributed by atoms with Gasteiger partial charge in [-0.15, -0.1) is 0 Å². The molecule has 2 fully saturated rings. The summed E-state index contributed by atoms with van der Waals surface area (Å²) < 4.78 is 0. The quantitative estimate of drug-likeness (QED) is 0.476. The Morgan fingerprint density at radius 3 is 2.42 bits per heavy atom. The Kier molecular flexibility index (Phi) is 1.65. The van der Waals surface area contributed by atoms with Gasteiger partial charge in [-0.05, 0) is 7.05 Å². The average molecular weight is 168 g/mol. The molecular weight excluding hydrogens is 156 g/mol. The summed E-state index contributed by atoms with van der Waals surface area (Å²) in [6.07, 6.45) is 0.125. The van der Waals surface area contributed by atoms with Gasteiger partial charge in [-0.25, -0.2) is 0 Å². The van der Waals surface area contributed by atoms with Crippen LogP contribution in [0.25, 0.3) is 0 Å². The second-order valence-corrected chi connectivity index (χ2v) is 3.61. The summed E-state index contributed by atoms with van der Waals surface area (Å²) >= 11 is 0. The fourth-order valence-corrected chi connectivity index (χ4v) is 1.80. The summed E-state index contributed by atoms with van der Waals surface area (Å²) in [7, 11) is 2.01. The van der Waals surface area contributed by atoms with E-state index < -0.39 is 0 Å². The smallest absolute Gasteiger partial charge is 0.230 e. The summed E-state index contributed by atoms with van der Waals surface area (Å²) in [5.74, 6) is 0.0765. The van der Waals surface area contributed by atoms with Gasteiger partial charge in [0.2, 0.25) is 5.91 Å².